The molecule has 3 rings (SSSR count). The number of hydrogen-bond acceptors (Lipinski definition) is 6. The third kappa shape index (κ3) is 5.21. The molecule has 0 aliphatic carbocycles. The predicted octanol–water partition coefficient (Wildman–Crippen LogP) is 4.22. The van der Waals surface area contributed by atoms with Crippen molar-refractivity contribution < 1.29 is 27.4 Å². The number of aromatic nitrogens is 1. The summed E-state index contributed by atoms with van der Waals surface area (Å²) >= 11 is 0. The Bertz CT molecular complexity index is 885. The Kier molecular flexibility index (Phi) is 6.21. The molecule has 1 aromatic heterocycles. The van der Waals surface area contributed by atoms with E-state index in [1.165, 1.54) is 18.3 Å². The lowest BCUT2D eigenvalue weighted by Gasteiger charge is -2.30. The number of alkyl halides is 3. The smallest absolute Gasteiger partial charge is 0.462 e. The molecule has 0 amide bonds. The topological polar surface area (TPSA) is 54.9 Å². The summed E-state index contributed by atoms with van der Waals surface area (Å²) in [5, 5.41) is 0. The normalized spacial score (nSPS) is 16.5. The summed E-state index contributed by atoms with van der Waals surface area (Å²) in [6.07, 6.45) is -1.57. The molecular formula is C21H24F3N3O3. The second-order valence-corrected chi connectivity index (χ2v) is 7.64. The van der Waals surface area contributed by atoms with E-state index in [-0.39, 0.29) is 17.9 Å². The van der Waals surface area contributed by atoms with Crippen LogP contribution in [0.3, 0.4) is 0 Å². The van der Waals surface area contributed by atoms with Gasteiger partial charge in [0.1, 0.15) is 5.75 Å². The van der Waals surface area contributed by atoms with Crippen LogP contribution in [0.25, 0.3) is 0 Å². The largest absolute Gasteiger partial charge is 0.573 e. The molecule has 1 saturated heterocycles. The van der Waals surface area contributed by atoms with Gasteiger partial charge in [0.2, 0.25) is 0 Å². The maximum Gasteiger partial charge on any atom is 0.573 e. The minimum Gasteiger partial charge on any atom is -0.462 e. The van der Waals surface area contributed by atoms with Gasteiger partial charge in [0.25, 0.3) is 0 Å². The second kappa shape index (κ2) is 8.51. The van der Waals surface area contributed by atoms with Crippen molar-refractivity contribution in [2.24, 2.45) is 0 Å². The van der Waals surface area contributed by atoms with E-state index in [4.69, 9.17) is 4.74 Å². The summed E-state index contributed by atoms with van der Waals surface area (Å²) in [6, 6.07) is 7.63. The molecule has 0 N–H and O–H groups in total. The Labute approximate surface area is 173 Å². The average molecular weight is 423 g/mol. The van der Waals surface area contributed by atoms with E-state index in [1.807, 2.05) is 0 Å². The molecule has 0 saturated carbocycles. The number of halogens is 3. The number of anilines is 1. The Hall–Kier alpha value is -2.81. The second-order valence-electron chi connectivity index (χ2n) is 7.64. The van der Waals surface area contributed by atoms with Crippen LogP contribution >= 0.6 is 0 Å². The fraction of sp³-hybridized carbons (Fsp3) is 0.429. The van der Waals surface area contributed by atoms with Crippen LogP contribution in [0.15, 0.2) is 42.7 Å². The van der Waals surface area contributed by atoms with Crippen LogP contribution in [0.4, 0.5) is 18.9 Å². The van der Waals surface area contributed by atoms with E-state index in [9.17, 15) is 18.0 Å². The van der Waals surface area contributed by atoms with Crippen molar-refractivity contribution in [3.63, 3.8) is 0 Å². The van der Waals surface area contributed by atoms with Gasteiger partial charge in [-0.2, -0.15) is 0 Å². The molecule has 2 aromatic rings. The van der Waals surface area contributed by atoms with Crippen LogP contribution in [0.2, 0.25) is 0 Å². The number of esters is 1. The van der Waals surface area contributed by atoms with Crippen LogP contribution < -0.4 is 9.64 Å². The van der Waals surface area contributed by atoms with Crippen molar-refractivity contribution >= 4 is 11.7 Å². The minimum absolute atomic E-state index is 0.226. The molecule has 9 heteroatoms. The molecule has 2 heterocycles. The molecule has 1 aromatic carbocycles. The molecule has 1 aliphatic heterocycles. The number of ether oxygens (including phenoxy) is 2. The van der Waals surface area contributed by atoms with Gasteiger partial charge in [-0.1, -0.05) is 0 Å². The predicted molar refractivity (Wildman–Crippen MR) is 105 cm³/mol. The van der Waals surface area contributed by atoms with E-state index in [2.05, 4.69) is 33.4 Å². The lowest BCUT2D eigenvalue weighted by Crippen LogP contribution is -2.39. The molecule has 0 atom stereocenters. The molecule has 1 fully saturated rings. The summed E-state index contributed by atoms with van der Waals surface area (Å²) in [7, 11) is 0. The molecule has 30 heavy (non-hydrogen) atoms. The fourth-order valence-corrected chi connectivity index (χ4v) is 3.47. The minimum atomic E-state index is -4.71. The average Bonchev–Trinajstić information content (AvgIpc) is 2.96. The number of hydrogen-bond donors (Lipinski definition) is 0. The molecular weight excluding hydrogens is 399 g/mol. The van der Waals surface area contributed by atoms with Crippen molar-refractivity contribution in [2.75, 3.05) is 24.7 Å². The molecule has 1 aliphatic rings. The zero-order chi connectivity index (χ0) is 21.9. The fourth-order valence-electron chi connectivity index (χ4n) is 3.47. The number of carbonyl (C=O) groups excluding carboxylic acids is 1. The van der Waals surface area contributed by atoms with E-state index >= 15 is 0 Å². The highest BCUT2D eigenvalue weighted by Crippen LogP contribution is 2.32. The highest BCUT2D eigenvalue weighted by Gasteiger charge is 2.38. The Balaban J connectivity index is 1.74. The van der Waals surface area contributed by atoms with Crippen LogP contribution in [0.1, 0.15) is 36.7 Å². The van der Waals surface area contributed by atoms with Crippen LogP contribution in [-0.4, -0.2) is 47.6 Å². The highest BCUT2D eigenvalue weighted by molar-refractivity contribution is 5.90. The number of nitrogens with zero attached hydrogens (tertiary/aromatic N) is 3. The van der Waals surface area contributed by atoms with Gasteiger partial charge in [-0.05, 0) is 56.7 Å². The van der Waals surface area contributed by atoms with Crippen LogP contribution in [0, 0.1) is 0 Å². The molecule has 0 radical (unpaired) electrons. The van der Waals surface area contributed by atoms with Crippen LogP contribution in [0.5, 0.6) is 5.75 Å². The number of rotatable bonds is 6. The van der Waals surface area contributed by atoms with Gasteiger partial charge in [0.15, 0.2) is 0 Å². The van der Waals surface area contributed by atoms with E-state index in [0.29, 0.717) is 25.3 Å². The molecule has 0 unspecified atom stereocenters. The molecule has 6 nitrogen and oxygen atoms in total. The van der Waals surface area contributed by atoms with Crippen molar-refractivity contribution in [2.45, 2.75) is 39.2 Å². The number of carbonyl (C=O) groups is 1. The number of pyridine rings is 1. The Morgan fingerprint density at radius 3 is 2.53 bits per heavy atom. The first kappa shape index (κ1) is 21.9. The third-order valence-corrected chi connectivity index (χ3v) is 4.98. The van der Waals surface area contributed by atoms with Crippen molar-refractivity contribution in [3.05, 3.63) is 53.9 Å². The first-order chi connectivity index (χ1) is 14.1. The summed E-state index contributed by atoms with van der Waals surface area (Å²) < 4.78 is 46.2. The zero-order valence-electron chi connectivity index (χ0n) is 17.1. The third-order valence-electron chi connectivity index (χ3n) is 4.98. The van der Waals surface area contributed by atoms with E-state index in [1.54, 1.807) is 31.3 Å². The summed E-state index contributed by atoms with van der Waals surface area (Å²) in [4.78, 5) is 20.5. The van der Waals surface area contributed by atoms with Crippen molar-refractivity contribution in [1.82, 2.24) is 9.88 Å². The van der Waals surface area contributed by atoms with Gasteiger partial charge in [0, 0.05) is 36.7 Å². The molecule has 162 valence electrons. The Morgan fingerprint density at radius 1 is 1.20 bits per heavy atom. The monoisotopic (exact) mass is 423 g/mol. The molecule has 0 bridgehead atoms. The maximum absolute atomic E-state index is 12.4. The summed E-state index contributed by atoms with van der Waals surface area (Å²) in [5.41, 5.74) is 1.81. The maximum atomic E-state index is 12.4. The highest BCUT2D eigenvalue weighted by atomic mass is 19.4. The van der Waals surface area contributed by atoms with Crippen molar-refractivity contribution in [3.8, 4) is 5.75 Å². The first-order valence-electron chi connectivity index (χ1n) is 9.55. The van der Waals surface area contributed by atoms with Gasteiger partial charge in [-0.15, -0.1) is 13.2 Å². The molecule has 0 spiro atoms. The standard InChI is InChI=1S/C21H24F3N3O3/c1-4-29-19(28)18-11-25-10-9-15(18)12-27-14-26(13-20(27,2)3)16-5-7-17(8-6-16)30-21(22,23)24/h5-11H,4,12-14H2,1-3H3. The zero-order valence-corrected chi connectivity index (χ0v) is 17.1. The van der Waals surface area contributed by atoms with Crippen LogP contribution in [-0.2, 0) is 11.3 Å². The van der Waals surface area contributed by atoms with Gasteiger partial charge in [-0.25, -0.2) is 4.79 Å². The van der Waals surface area contributed by atoms with Gasteiger partial charge >= 0.3 is 12.3 Å². The van der Waals surface area contributed by atoms with Gasteiger partial charge < -0.3 is 14.4 Å². The lowest BCUT2D eigenvalue weighted by molar-refractivity contribution is -0.274. The Morgan fingerprint density at radius 2 is 1.90 bits per heavy atom. The first-order valence-corrected chi connectivity index (χ1v) is 9.55. The quantitative estimate of drug-likeness (QED) is 0.649. The number of benzene rings is 1. The van der Waals surface area contributed by atoms with E-state index in [0.717, 1.165) is 11.3 Å². The lowest BCUT2D eigenvalue weighted by atomic mass is 10.0. The SMILES string of the molecule is CCOC(=O)c1cnccc1CN1CN(c2ccc(OC(F)(F)F)cc2)CC1(C)C. The summed E-state index contributed by atoms with van der Waals surface area (Å²) in [5.74, 6) is -0.660. The van der Waals surface area contributed by atoms with Gasteiger partial charge in [0.05, 0.1) is 18.8 Å². The summed E-state index contributed by atoms with van der Waals surface area (Å²) in [6.45, 7) is 7.93. The van der Waals surface area contributed by atoms with E-state index < -0.39 is 12.3 Å². The van der Waals surface area contributed by atoms with Crippen molar-refractivity contribution in [1.29, 1.82) is 0 Å². The van der Waals surface area contributed by atoms with Gasteiger partial charge in [-0.3, -0.25) is 9.88 Å².